The summed E-state index contributed by atoms with van der Waals surface area (Å²) in [6, 6.07) is 3.75. The van der Waals surface area contributed by atoms with Gasteiger partial charge in [0.05, 0.1) is 19.9 Å². The van der Waals surface area contributed by atoms with Crippen LogP contribution in [0.1, 0.15) is 23.7 Å². The molecule has 0 saturated carbocycles. The smallest absolute Gasteiger partial charge is 0.162 e. The van der Waals surface area contributed by atoms with Gasteiger partial charge in [-0.1, -0.05) is 11.6 Å². The first-order chi connectivity index (χ1) is 10.5. The number of methoxy groups -OCH3 is 1. The second-order valence-corrected chi connectivity index (χ2v) is 5.63. The van der Waals surface area contributed by atoms with Gasteiger partial charge in [0.1, 0.15) is 0 Å². The third-order valence-corrected chi connectivity index (χ3v) is 3.80. The van der Waals surface area contributed by atoms with Crippen molar-refractivity contribution >= 4 is 11.6 Å². The topological polar surface area (TPSA) is 50.4 Å². The summed E-state index contributed by atoms with van der Waals surface area (Å²) in [5, 5.41) is 7.67. The molecular weight excluding hydrogens is 302 g/mol. The lowest BCUT2D eigenvalue weighted by molar-refractivity contribution is 0.304. The largest absolute Gasteiger partial charge is 0.493 e. The summed E-state index contributed by atoms with van der Waals surface area (Å²) in [7, 11) is 3.66. The van der Waals surface area contributed by atoms with E-state index in [2.05, 4.69) is 15.1 Å². The maximum Gasteiger partial charge on any atom is 0.162 e. The molecule has 0 radical (unpaired) electrons. The Morgan fingerprint density at radius 2 is 1.95 bits per heavy atom. The molecule has 120 valence electrons. The summed E-state index contributed by atoms with van der Waals surface area (Å²) < 4.78 is 10.9. The molecule has 0 saturated heterocycles. The molecule has 0 aliphatic carbocycles. The van der Waals surface area contributed by atoms with Gasteiger partial charge in [-0.15, -0.1) is 0 Å². The zero-order chi connectivity index (χ0) is 16.1. The summed E-state index contributed by atoms with van der Waals surface area (Å²) in [5.41, 5.74) is 3.27. The fourth-order valence-electron chi connectivity index (χ4n) is 2.30. The Hall–Kier alpha value is -1.72. The van der Waals surface area contributed by atoms with Crippen LogP contribution in [0.3, 0.4) is 0 Å². The molecule has 0 spiro atoms. The number of halogens is 1. The summed E-state index contributed by atoms with van der Waals surface area (Å²) in [4.78, 5) is 2.18. The van der Waals surface area contributed by atoms with Crippen LogP contribution in [0.25, 0.3) is 0 Å². The van der Waals surface area contributed by atoms with Crippen molar-refractivity contribution in [3.05, 3.63) is 40.2 Å². The first-order valence-electron chi connectivity index (χ1n) is 7.21. The molecule has 0 fully saturated rings. The van der Waals surface area contributed by atoms with Gasteiger partial charge < -0.3 is 9.47 Å². The normalized spacial score (nSPS) is 11.0. The van der Waals surface area contributed by atoms with Gasteiger partial charge in [-0.2, -0.15) is 5.10 Å². The Morgan fingerprint density at radius 3 is 2.55 bits per heavy atom. The molecule has 22 heavy (non-hydrogen) atoms. The van der Waals surface area contributed by atoms with Gasteiger partial charge >= 0.3 is 0 Å². The number of nitrogens with zero attached hydrogens (tertiary/aromatic N) is 2. The Morgan fingerprint density at radius 1 is 1.23 bits per heavy atom. The van der Waals surface area contributed by atoms with Crippen molar-refractivity contribution in [3.8, 4) is 11.5 Å². The minimum Gasteiger partial charge on any atom is -0.493 e. The molecule has 0 bridgehead atoms. The number of aromatic nitrogens is 2. The maximum absolute atomic E-state index is 6.36. The summed E-state index contributed by atoms with van der Waals surface area (Å²) >= 11 is 6.36. The highest BCUT2D eigenvalue weighted by Gasteiger charge is 2.13. The Labute approximate surface area is 136 Å². The van der Waals surface area contributed by atoms with Crippen LogP contribution >= 0.6 is 11.6 Å². The van der Waals surface area contributed by atoms with Crippen LogP contribution in [0.2, 0.25) is 5.02 Å². The van der Waals surface area contributed by atoms with Crippen LogP contribution in [-0.4, -0.2) is 35.9 Å². The SMILES string of the molecule is CCOc1cc(CN(C)Cc2cn[nH]c2C)c(Cl)cc1OC. The minimum atomic E-state index is 0.585. The number of nitrogens with one attached hydrogen (secondary N) is 1. The first kappa shape index (κ1) is 16.6. The standard InChI is InChI=1S/C16H22ClN3O2/c1-5-22-16-6-12(14(17)7-15(16)21-4)9-20(3)10-13-8-18-19-11(13)2/h6-8H,5,9-10H2,1-4H3,(H,18,19). The molecule has 6 heteroatoms. The van der Waals surface area contributed by atoms with Crippen molar-refractivity contribution in [2.75, 3.05) is 20.8 Å². The first-order valence-corrected chi connectivity index (χ1v) is 7.59. The number of ether oxygens (including phenoxy) is 2. The molecule has 2 rings (SSSR count). The van der Waals surface area contributed by atoms with Crippen LogP contribution in [-0.2, 0) is 13.1 Å². The van der Waals surface area contributed by atoms with Gasteiger partial charge in [0.2, 0.25) is 0 Å². The predicted octanol–water partition coefficient (Wildman–Crippen LogP) is 3.41. The number of aryl methyl sites for hydroxylation is 1. The fraction of sp³-hybridized carbons (Fsp3) is 0.438. The van der Waals surface area contributed by atoms with Crippen molar-refractivity contribution in [3.63, 3.8) is 0 Å². The number of hydrogen-bond donors (Lipinski definition) is 1. The Bertz CT molecular complexity index is 628. The van der Waals surface area contributed by atoms with Crippen molar-refractivity contribution < 1.29 is 9.47 Å². The molecule has 2 aromatic rings. The van der Waals surface area contributed by atoms with Crippen LogP contribution < -0.4 is 9.47 Å². The van der Waals surface area contributed by atoms with E-state index in [1.54, 1.807) is 13.2 Å². The zero-order valence-electron chi connectivity index (χ0n) is 13.4. The lowest BCUT2D eigenvalue weighted by Gasteiger charge is -2.19. The average Bonchev–Trinajstić information content (AvgIpc) is 2.87. The molecule has 0 aliphatic rings. The lowest BCUT2D eigenvalue weighted by atomic mass is 10.1. The van der Waals surface area contributed by atoms with Crippen LogP contribution in [0.5, 0.6) is 11.5 Å². The van der Waals surface area contributed by atoms with Gasteiger partial charge in [-0.05, 0) is 32.5 Å². The molecule has 1 heterocycles. The molecule has 0 aliphatic heterocycles. The lowest BCUT2D eigenvalue weighted by Crippen LogP contribution is -2.17. The quantitative estimate of drug-likeness (QED) is 0.848. The van der Waals surface area contributed by atoms with Crippen LogP contribution in [0, 0.1) is 6.92 Å². The van der Waals surface area contributed by atoms with Gasteiger partial charge in [-0.3, -0.25) is 10.00 Å². The van der Waals surface area contributed by atoms with E-state index in [-0.39, 0.29) is 0 Å². The molecule has 0 unspecified atom stereocenters. The van der Waals surface area contributed by atoms with Gasteiger partial charge in [0.25, 0.3) is 0 Å². The van der Waals surface area contributed by atoms with Gasteiger partial charge in [-0.25, -0.2) is 0 Å². The molecular formula is C16H22ClN3O2. The highest BCUT2D eigenvalue weighted by Crippen LogP contribution is 2.34. The van der Waals surface area contributed by atoms with E-state index >= 15 is 0 Å². The number of rotatable bonds is 7. The third-order valence-electron chi connectivity index (χ3n) is 3.45. The predicted molar refractivity (Wildman–Crippen MR) is 87.7 cm³/mol. The molecule has 1 aromatic carbocycles. The van der Waals surface area contributed by atoms with Crippen LogP contribution in [0.4, 0.5) is 0 Å². The molecule has 0 atom stereocenters. The third kappa shape index (κ3) is 3.93. The van der Waals surface area contributed by atoms with Gasteiger partial charge in [0, 0.05) is 35.4 Å². The highest BCUT2D eigenvalue weighted by atomic mass is 35.5. The van der Waals surface area contributed by atoms with E-state index in [0.717, 1.165) is 23.6 Å². The molecule has 1 N–H and O–H groups in total. The summed E-state index contributed by atoms with van der Waals surface area (Å²) in [6.45, 7) is 6.06. The van der Waals surface area contributed by atoms with Crippen molar-refractivity contribution in [1.82, 2.24) is 15.1 Å². The van der Waals surface area contributed by atoms with Crippen molar-refractivity contribution in [2.45, 2.75) is 26.9 Å². The molecule has 1 aromatic heterocycles. The Balaban J connectivity index is 2.14. The zero-order valence-corrected chi connectivity index (χ0v) is 14.2. The second-order valence-electron chi connectivity index (χ2n) is 5.22. The van der Waals surface area contributed by atoms with Crippen molar-refractivity contribution in [1.29, 1.82) is 0 Å². The minimum absolute atomic E-state index is 0.585. The van der Waals surface area contributed by atoms with E-state index in [1.165, 1.54) is 5.56 Å². The summed E-state index contributed by atoms with van der Waals surface area (Å²) in [5.74, 6) is 1.38. The number of benzene rings is 1. The van der Waals surface area contributed by atoms with E-state index in [0.29, 0.717) is 23.9 Å². The fourth-order valence-corrected chi connectivity index (χ4v) is 2.51. The average molecular weight is 324 g/mol. The Kier molecular flexibility index (Phi) is 5.69. The summed E-state index contributed by atoms with van der Waals surface area (Å²) in [6.07, 6.45) is 1.85. The monoisotopic (exact) mass is 323 g/mol. The number of aromatic amines is 1. The number of H-pyrrole nitrogens is 1. The van der Waals surface area contributed by atoms with E-state index in [4.69, 9.17) is 21.1 Å². The molecule has 5 nitrogen and oxygen atoms in total. The van der Waals surface area contributed by atoms with E-state index in [9.17, 15) is 0 Å². The molecule has 0 amide bonds. The van der Waals surface area contributed by atoms with E-state index in [1.807, 2.05) is 33.2 Å². The maximum atomic E-state index is 6.36. The van der Waals surface area contributed by atoms with E-state index < -0.39 is 0 Å². The highest BCUT2D eigenvalue weighted by molar-refractivity contribution is 6.31. The van der Waals surface area contributed by atoms with Crippen molar-refractivity contribution in [2.24, 2.45) is 0 Å². The second kappa shape index (κ2) is 7.51. The number of hydrogen-bond acceptors (Lipinski definition) is 4. The van der Waals surface area contributed by atoms with Gasteiger partial charge in [0.15, 0.2) is 11.5 Å². The van der Waals surface area contributed by atoms with Crippen LogP contribution in [0.15, 0.2) is 18.3 Å².